The summed E-state index contributed by atoms with van der Waals surface area (Å²) in [6, 6.07) is -1.04. The van der Waals surface area contributed by atoms with Crippen molar-refractivity contribution in [1.29, 1.82) is 0 Å². The van der Waals surface area contributed by atoms with Gasteiger partial charge in [-0.25, -0.2) is 4.79 Å². The Morgan fingerprint density at radius 1 is 1.33 bits per heavy atom. The van der Waals surface area contributed by atoms with Gasteiger partial charge in [-0.2, -0.15) is 0 Å². The van der Waals surface area contributed by atoms with Gasteiger partial charge in [-0.1, -0.05) is 13.8 Å². The Labute approximate surface area is 90.5 Å². The quantitative estimate of drug-likeness (QED) is 0.670. The third kappa shape index (κ3) is 3.51. The van der Waals surface area contributed by atoms with Crippen LogP contribution in [-0.4, -0.2) is 48.1 Å². The smallest absolute Gasteiger partial charge is 0.326 e. The predicted octanol–water partition coefficient (Wildman–Crippen LogP) is 0.306. The maximum absolute atomic E-state index is 11.8. The second kappa shape index (κ2) is 6.40. The van der Waals surface area contributed by atoms with E-state index in [1.807, 2.05) is 6.92 Å². The number of hydrogen-bond donors (Lipinski definition) is 2. The Kier molecular flexibility index (Phi) is 5.93. The zero-order chi connectivity index (χ0) is 12.0. The van der Waals surface area contributed by atoms with Crippen LogP contribution >= 0.6 is 0 Å². The highest BCUT2D eigenvalue weighted by Gasteiger charge is 2.28. The third-order valence-corrected chi connectivity index (χ3v) is 2.54. The highest BCUT2D eigenvalue weighted by molar-refractivity contribution is 5.86. The van der Waals surface area contributed by atoms with Gasteiger partial charge in [0.25, 0.3) is 0 Å². The first-order valence-electron chi connectivity index (χ1n) is 5.16. The molecular formula is C10H20N2O3. The van der Waals surface area contributed by atoms with E-state index in [1.165, 1.54) is 11.9 Å². The lowest BCUT2D eigenvalue weighted by atomic mass is 10.1. The lowest BCUT2D eigenvalue weighted by Crippen LogP contribution is -2.49. The normalized spacial score (nSPS) is 14.4. The molecule has 5 heteroatoms. The van der Waals surface area contributed by atoms with Gasteiger partial charge in [-0.15, -0.1) is 0 Å². The minimum absolute atomic E-state index is 0.172. The summed E-state index contributed by atoms with van der Waals surface area (Å²) in [6.07, 6.45) is 1.06. The molecule has 0 aliphatic rings. The number of nitrogens with zero attached hydrogens (tertiary/aromatic N) is 1. The molecule has 15 heavy (non-hydrogen) atoms. The van der Waals surface area contributed by atoms with E-state index in [-0.39, 0.29) is 11.9 Å². The lowest BCUT2D eigenvalue weighted by molar-refractivity contribution is -0.149. The Bertz CT molecular complexity index is 227. The molecule has 2 atom stereocenters. The highest BCUT2D eigenvalue weighted by atomic mass is 16.4. The van der Waals surface area contributed by atoms with Crippen LogP contribution in [0.3, 0.4) is 0 Å². The van der Waals surface area contributed by atoms with Gasteiger partial charge in [0, 0.05) is 7.05 Å². The minimum Gasteiger partial charge on any atom is -0.480 e. The number of carboxylic acid groups (broad SMARTS) is 1. The molecular weight excluding hydrogens is 196 g/mol. The van der Waals surface area contributed by atoms with Crippen LogP contribution in [-0.2, 0) is 9.59 Å². The van der Waals surface area contributed by atoms with Crippen molar-refractivity contribution in [2.75, 3.05) is 14.1 Å². The molecule has 0 fully saturated rings. The molecule has 0 bridgehead atoms. The zero-order valence-electron chi connectivity index (χ0n) is 9.78. The molecule has 0 aromatic carbocycles. The number of carboxylic acids is 1. The third-order valence-electron chi connectivity index (χ3n) is 2.54. The van der Waals surface area contributed by atoms with Crippen LogP contribution in [0.1, 0.15) is 26.7 Å². The largest absolute Gasteiger partial charge is 0.480 e. The summed E-state index contributed by atoms with van der Waals surface area (Å²) in [5.41, 5.74) is 0. The van der Waals surface area contributed by atoms with E-state index < -0.39 is 12.0 Å². The Morgan fingerprint density at radius 3 is 2.13 bits per heavy atom. The molecule has 0 spiro atoms. The zero-order valence-corrected chi connectivity index (χ0v) is 9.78. The van der Waals surface area contributed by atoms with E-state index >= 15 is 0 Å². The number of carbonyl (C=O) groups is 2. The summed E-state index contributed by atoms with van der Waals surface area (Å²) in [6.45, 7) is 3.64. The number of amides is 1. The van der Waals surface area contributed by atoms with Crippen LogP contribution in [0.2, 0.25) is 0 Å². The Balaban J connectivity index is 4.59. The molecule has 88 valence electrons. The molecule has 0 saturated heterocycles. The monoisotopic (exact) mass is 216 g/mol. The van der Waals surface area contributed by atoms with Crippen molar-refractivity contribution in [1.82, 2.24) is 10.2 Å². The van der Waals surface area contributed by atoms with Crippen molar-refractivity contribution >= 4 is 11.9 Å². The summed E-state index contributed by atoms with van der Waals surface area (Å²) in [5.74, 6) is -1.13. The molecule has 0 aromatic heterocycles. The summed E-state index contributed by atoms with van der Waals surface area (Å²) < 4.78 is 0. The van der Waals surface area contributed by atoms with Crippen LogP contribution in [0.4, 0.5) is 0 Å². The number of hydrogen-bond acceptors (Lipinski definition) is 3. The van der Waals surface area contributed by atoms with E-state index in [0.717, 1.165) is 0 Å². The fourth-order valence-electron chi connectivity index (χ4n) is 1.52. The second-order valence-electron chi connectivity index (χ2n) is 3.46. The van der Waals surface area contributed by atoms with Gasteiger partial charge in [0.15, 0.2) is 0 Å². The maximum Gasteiger partial charge on any atom is 0.326 e. The molecule has 5 nitrogen and oxygen atoms in total. The van der Waals surface area contributed by atoms with Crippen LogP contribution in [0.25, 0.3) is 0 Å². The molecule has 2 N–H and O–H groups in total. The lowest BCUT2D eigenvalue weighted by Gasteiger charge is -2.27. The fraction of sp³-hybridized carbons (Fsp3) is 0.800. The van der Waals surface area contributed by atoms with Crippen molar-refractivity contribution in [3.05, 3.63) is 0 Å². The van der Waals surface area contributed by atoms with Crippen LogP contribution < -0.4 is 5.32 Å². The van der Waals surface area contributed by atoms with Crippen molar-refractivity contribution < 1.29 is 14.7 Å². The number of aliphatic carboxylic acids is 1. The predicted molar refractivity (Wildman–Crippen MR) is 57.6 cm³/mol. The number of rotatable bonds is 6. The summed E-state index contributed by atoms with van der Waals surface area (Å²) in [5, 5.41) is 11.8. The van der Waals surface area contributed by atoms with Gasteiger partial charge < -0.3 is 15.3 Å². The Morgan fingerprint density at radius 2 is 1.87 bits per heavy atom. The molecule has 0 saturated carbocycles. The van der Waals surface area contributed by atoms with Crippen molar-refractivity contribution in [3.63, 3.8) is 0 Å². The molecule has 0 aromatic rings. The second-order valence-corrected chi connectivity index (χ2v) is 3.46. The van der Waals surface area contributed by atoms with E-state index in [2.05, 4.69) is 5.32 Å². The van der Waals surface area contributed by atoms with Crippen molar-refractivity contribution in [3.8, 4) is 0 Å². The van der Waals surface area contributed by atoms with Crippen LogP contribution in [0, 0.1) is 0 Å². The van der Waals surface area contributed by atoms with Gasteiger partial charge in [0.1, 0.15) is 6.04 Å². The number of carbonyl (C=O) groups excluding carboxylic acids is 1. The molecule has 0 aliphatic carbocycles. The summed E-state index contributed by atoms with van der Waals surface area (Å²) in [4.78, 5) is 24.0. The topological polar surface area (TPSA) is 69.6 Å². The number of likely N-dealkylation sites (N-methyl/N-ethyl adjacent to an activating group) is 2. The maximum atomic E-state index is 11.8. The van der Waals surface area contributed by atoms with Gasteiger partial charge in [-0.3, -0.25) is 4.79 Å². The minimum atomic E-state index is -0.959. The summed E-state index contributed by atoms with van der Waals surface area (Å²) in [7, 11) is 3.23. The first kappa shape index (κ1) is 13.9. The fourth-order valence-corrected chi connectivity index (χ4v) is 1.52. The van der Waals surface area contributed by atoms with E-state index in [1.54, 1.807) is 14.0 Å². The van der Waals surface area contributed by atoms with Crippen LogP contribution in [0.5, 0.6) is 0 Å². The van der Waals surface area contributed by atoms with Gasteiger partial charge in [0.05, 0.1) is 6.04 Å². The van der Waals surface area contributed by atoms with Gasteiger partial charge >= 0.3 is 5.97 Å². The molecule has 0 aliphatic heterocycles. The van der Waals surface area contributed by atoms with E-state index in [9.17, 15) is 9.59 Å². The standard InChI is InChI=1S/C10H20N2O3/c1-5-7(11-3)9(13)12(4)8(6-2)10(14)15/h7-8,11H,5-6H2,1-4H3,(H,14,15). The molecule has 0 rings (SSSR count). The molecule has 0 heterocycles. The number of nitrogens with one attached hydrogen (secondary N) is 1. The first-order chi connectivity index (χ1) is 6.99. The van der Waals surface area contributed by atoms with Crippen molar-refractivity contribution in [2.24, 2.45) is 0 Å². The molecule has 2 unspecified atom stereocenters. The SMILES string of the molecule is CCC(NC)C(=O)N(C)C(CC)C(=O)O. The van der Waals surface area contributed by atoms with Gasteiger partial charge in [-0.05, 0) is 19.9 Å². The van der Waals surface area contributed by atoms with Gasteiger partial charge in [0.2, 0.25) is 5.91 Å². The van der Waals surface area contributed by atoms with E-state index in [0.29, 0.717) is 12.8 Å². The Hall–Kier alpha value is -1.10. The average Bonchev–Trinajstić information content (AvgIpc) is 2.19. The average molecular weight is 216 g/mol. The highest BCUT2D eigenvalue weighted by Crippen LogP contribution is 2.06. The molecule has 0 radical (unpaired) electrons. The van der Waals surface area contributed by atoms with Crippen LogP contribution in [0.15, 0.2) is 0 Å². The summed E-state index contributed by atoms with van der Waals surface area (Å²) >= 11 is 0. The molecule has 1 amide bonds. The van der Waals surface area contributed by atoms with Crippen molar-refractivity contribution in [2.45, 2.75) is 38.8 Å². The first-order valence-corrected chi connectivity index (χ1v) is 5.16. The van der Waals surface area contributed by atoms with E-state index in [4.69, 9.17) is 5.11 Å².